The highest BCUT2D eigenvalue weighted by molar-refractivity contribution is 5.72. The quantitative estimate of drug-likeness (QED) is 0.799. The second-order valence-corrected chi connectivity index (χ2v) is 5.61. The molecule has 0 radical (unpaired) electrons. The lowest BCUT2D eigenvalue weighted by Gasteiger charge is -2.28. The number of hydrogen-bond donors (Lipinski definition) is 1. The number of rotatable bonds is 6. The van der Waals surface area contributed by atoms with Gasteiger partial charge >= 0.3 is 5.97 Å². The van der Waals surface area contributed by atoms with Gasteiger partial charge in [-0.1, -0.05) is 6.07 Å². The van der Waals surface area contributed by atoms with E-state index < -0.39 is 0 Å². The third-order valence-electron chi connectivity index (χ3n) is 4.24. The van der Waals surface area contributed by atoms with Crippen molar-refractivity contribution in [1.82, 2.24) is 0 Å². The summed E-state index contributed by atoms with van der Waals surface area (Å²) in [6, 6.07) is 5.97. The number of carbonyl (C=O) groups is 1. The number of hydrogen-bond acceptors (Lipinski definition) is 4. The lowest BCUT2D eigenvalue weighted by molar-refractivity contribution is -0.919. The van der Waals surface area contributed by atoms with E-state index in [9.17, 15) is 4.79 Å². The van der Waals surface area contributed by atoms with Crippen LogP contribution in [0.3, 0.4) is 0 Å². The predicted octanol–water partition coefficient (Wildman–Crippen LogP) is 1.06. The Morgan fingerprint density at radius 2 is 1.95 bits per heavy atom. The number of ether oxygens (including phenoxy) is 3. The number of esters is 1. The van der Waals surface area contributed by atoms with Crippen LogP contribution in [0.2, 0.25) is 0 Å². The van der Waals surface area contributed by atoms with Gasteiger partial charge in [-0.15, -0.1) is 0 Å². The Morgan fingerprint density at radius 3 is 2.55 bits per heavy atom. The molecule has 122 valence electrons. The smallest absolute Gasteiger partial charge is 0.309 e. The lowest BCUT2D eigenvalue weighted by atomic mass is 9.96. The Morgan fingerprint density at radius 1 is 1.23 bits per heavy atom. The van der Waals surface area contributed by atoms with Gasteiger partial charge in [0.15, 0.2) is 11.5 Å². The predicted molar refractivity (Wildman–Crippen MR) is 83.3 cm³/mol. The fourth-order valence-corrected chi connectivity index (χ4v) is 3.06. The maximum absolute atomic E-state index is 11.8. The van der Waals surface area contributed by atoms with Gasteiger partial charge in [-0.2, -0.15) is 0 Å². The van der Waals surface area contributed by atoms with Crippen molar-refractivity contribution in [2.45, 2.75) is 26.3 Å². The van der Waals surface area contributed by atoms with Crippen LogP contribution < -0.4 is 14.4 Å². The summed E-state index contributed by atoms with van der Waals surface area (Å²) >= 11 is 0. The van der Waals surface area contributed by atoms with Crippen molar-refractivity contribution in [1.29, 1.82) is 0 Å². The summed E-state index contributed by atoms with van der Waals surface area (Å²) in [7, 11) is 3.32. The van der Waals surface area contributed by atoms with Crippen LogP contribution in [-0.2, 0) is 16.1 Å². The number of quaternary nitrogens is 1. The van der Waals surface area contributed by atoms with Crippen molar-refractivity contribution in [2.75, 3.05) is 33.9 Å². The molecule has 22 heavy (non-hydrogen) atoms. The molecule has 0 spiro atoms. The van der Waals surface area contributed by atoms with E-state index in [1.165, 1.54) is 4.90 Å². The number of benzene rings is 1. The first-order valence-corrected chi connectivity index (χ1v) is 7.89. The summed E-state index contributed by atoms with van der Waals surface area (Å²) in [6.07, 6.45) is 1.78. The van der Waals surface area contributed by atoms with Crippen molar-refractivity contribution >= 4 is 5.97 Å². The van der Waals surface area contributed by atoms with E-state index in [2.05, 4.69) is 6.07 Å². The molecular weight excluding hydrogens is 282 g/mol. The Kier molecular flexibility index (Phi) is 6.07. The summed E-state index contributed by atoms with van der Waals surface area (Å²) in [6.45, 7) is 5.16. The van der Waals surface area contributed by atoms with Crippen molar-refractivity contribution in [2.24, 2.45) is 5.92 Å². The molecule has 0 unspecified atom stereocenters. The van der Waals surface area contributed by atoms with Crippen molar-refractivity contribution in [3.63, 3.8) is 0 Å². The van der Waals surface area contributed by atoms with E-state index >= 15 is 0 Å². The van der Waals surface area contributed by atoms with Gasteiger partial charge in [0.25, 0.3) is 0 Å². The molecule has 5 heteroatoms. The molecule has 1 aromatic carbocycles. The highest BCUT2D eigenvalue weighted by Crippen LogP contribution is 2.30. The monoisotopic (exact) mass is 308 g/mol. The number of likely N-dealkylation sites (tertiary alicyclic amines) is 1. The van der Waals surface area contributed by atoms with E-state index in [1.54, 1.807) is 14.2 Å². The topological polar surface area (TPSA) is 49.2 Å². The normalized spacial score (nSPS) is 21.2. The molecule has 0 bridgehead atoms. The zero-order valence-corrected chi connectivity index (χ0v) is 13.7. The molecule has 0 aliphatic carbocycles. The van der Waals surface area contributed by atoms with E-state index in [1.807, 2.05) is 19.1 Å². The number of methoxy groups -OCH3 is 2. The first kappa shape index (κ1) is 16.6. The number of para-hydroxylation sites is 1. The van der Waals surface area contributed by atoms with Crippen LogP contribution in [-0.4, -0.2) is 39.9 Å². The SMILES string of the molecule is CCOC(=O)C1CC[NH+](Cc2cccc(OC)c2OC)CC1. The van der Waals surface area contributed by atoms with Gasteiger partial charge in [0.05, 0.1) is 45.4 Å². The van der Waals surface area contributed by atoms with Gasteiger partial charge in [0.2, 0.25) is 0 Å². The van der Waals surface area contributed by atoms with Gasteiger partial charge in [0, 0.05) is 12.8 Å². The minimum atomic E-state index is -0.0412. The third-order valence-corrected chi connectivity index (χ3v) is 4.24. The summed E-state index contributed by atoms with van der Waals surface area (Å²) < 4.78 is 16.0. The molecule has 1 aromatic rings. The minimum absolute atomic E-state index is 0.0412. The van der Waals surface area contributed by atoms with Crippen LogP contribution >= 0.6 is 0 Å². The van der Waals surface area contributed by atoms with E-state index in [4.69, 9.17) is 14.2 Å². The molecule has 2 rings (SSSR count). The Balaban J connectivity index is 1.95. The minimum Gasteiger partial charge on any atom is -0.493 e. The first-order chi connectivity index (χ1) is 10.7. The van der Waals surface area contributed by atoms with Crippen LogP contribution in [0, 0.1) is 5.92 Å². The highest BCUT2D eigenvalue weighted by Gasteiger charge is 2.29. The number of piperidine rings is 1. The van der Waals surface area contributed by atoms with Gasteiger partial charge in [0.1, 0.15) is 6.54 Å². The highest BCUT2D eigenvalue weighted by atomic mass is 16.5. The molecule has 1 fully saturated rings. The van der Waals surface area contributed by atoms with E-state index in [0.717, 1.165) is 49.5 Å². The first-order valence-electron chi connectivity index (χ1n) is 7.89. The van der Waals surface area contributed by atoms with E-state index in [-0.39, 0.29) is 11.9 Å². The molecule has 0 atom stereocenters. The fraction of sp³-hybridized carbons (Fsp3) is 0.588. The van der Waals surface area contributed by atoms with Crippen LogP contribution in [0.15, 0.2) is 18.2 Å². The van der Waals surface area contributed by atoms with Gasteiger partial charge in [-0.3, -0.25) is 4.79 Å². The second-order valence-electron chi connectivity index (χ2n) is 5.61. The molecule has 5 nitrogen and oxygen atoms in total. The number of carbonyl (C=O) groups excluding carboxylic acids is 1. The molecule has 0 amide bonds. The molecule has 0 saturated carbocycles. The van der Waals surface area contributed by atoms with Crippen molar-refractivity contribution in [3.05, 3.63) is 23.8 Å². The lowest BCUT2D eigenvalue weighted by Crippen LogP contribution is -3.11. The zero-order valence-electron chi connectivity index (χ0n) is 13.7. The largest absolute Gasteiger partial charge is 0.493 e. The summed E-state index contributed by atoms with van der Waals surface area (Å²) in [5, 5.41) is 0. The molecule has 1 aliphatic rings. The molecule has 0 aromatic heterocycles. The summed E-state index contributed by atoms with van der Waals surface area (Å²) in [4.78, 5) is 13.2. The van der Waals surface area contributed by atoms with Crippen LogP contribution in [0.25, 0.3) is 0 Å². The Bertz CT molecular complexity index is 495. The Labute approximate surface area is 132 Å². The van der Waals surface area contributed by atoms with Crippen molar-refractivity contribution in [3.8, 4) is 11.5 Å². The average Bonchev–Trinajstić information content (AvgIpc) is 2.55. The maximum atomic E-state index is 11.8. The van der Waals surface area contributed by atoms with Crippen LogP contribution in [0.4, 0.5) is 0 Å². The second kappa shape index (κ2) is 8.03. The number of nitrogens with one attached hydrogen (secondary N) is 1. The van der Waals surface area contributed by atoms with Gasteiger partial charge in [-0.25, -0.2) is 0 Å². The van der Waals surface area contributed by atoms with Crippen molar-refractivity contribution < 1.29 is 23.9 Å². The third kappa shape index (κ3) is 3.91. The average molecular weight is 308 g/mol. The molecular formula is C17H26NO4+. The molecule has 1 aliphatic heterocycles. The molecule has 1 saturated heterocycles. The summed E-state index contributed by atoms with van der Waals surface area (Å²) in [5.74, 6) is 1.60. The van der Waals surface area contributed by atoms with Crippen LogP contribution in [0.5, 0.6) is 11.5 Å². The van der Waals surface area contributed by atoms with Gasteiger partial charge in [-0.05, 0) is 19.1 Å². The standard InChI is InChI=1S/C17H25NO4/c1-4-22-17(19)13-8-10-18(11-9-13)12-14-6-5-7-15(20-2)16(14)21-3/h5-7,13H,4,8-12H2,1-3H3/p+1. The van der Waals surface area contributed by atoms with Gasteiger partial charge < -0.3 is 19.1 Å². The van der Waals surface area contributed by atoms with Crippen LogP contribution in [0.1, 0.15) is 25.3 Å². The molecule has 1 heterocycles. The zero-order chi connectivity index (χ0) is 15.9. The molecule has 1 N–H and O–H groups in total. The summed E-state index contributed by atoms with van der Waals surface area (Å²) in [5.41, 5.74) is 1.14. The maximum Gasteiger partial charge on any atom is 0.309 e. The van der Waals surface area contributed by atoms with E-state index in [0.29, 0.717) is 6.61 Å². The fourth-order valence-electron chi connectivity index (χ4n) is 3.06. The Hall–Kier alpha value is -1.75.